The van der Waals surface area contributed by atoms with Crippen molar-refractivity contribution >= 4 is 12.2 Å². The molecule has 1 heteroatoms. The Labute approximate surface area is 92.9 Å². The minimum Gasteiger partial charge on any atom is -0.302 e. The zero-order valence-corrected chi connectivity index (χ0v) is 9.73. The number of hydrogen-bond acceptors (Lipinski definition) is 0. The fraction of sp³-hybridized carbons (Fsp3) is 0.200. The molecule has 1 radical (unpaired) electrons. The van der Waals surface area contributed by atoms with Crippen molar-refractivity contribution in [3.63, 3.8) is 0 Å². The van der Waals surface area contributed by atoms with Crippen molar-refractivity contribution in [3.8, 4) is 0 Å². The van der Waals surface area contributed by atoms with E-state index in [9.17, 15) is 0 Å². The maximum atomic E-state index is 3.08. The predicted molar refractivity (Wildman–Crippen MR) is 43.9 cm³/mol. The normalized spacial score (nSPS) is 12.9. The molecule has 0 N–H and O–H groups in total. The molecule has 0 amide bonds. The van der Waals surface area contributed by atoms with Gasteiger partial charge in [-0.2, -0.15) is 0 Å². The molecule has 0 nitrogen and oxygen atoms in total. The van der Waals surface area contributed by atoms with Crippen molar-refractivity contribution in [2.24, 2.45) is 0 Å². The average Bonchev–Trinajstić information content (AvgIpc) is 2.04. The van der Waals surface area contributed by atoms with Gasteiger partial charge in [-0.05, 0) is 0 Å². The van der Waals surface area contributed by atoms with Gasteiger partial charge in [-0.3, -0.25) is 12.2 Å². The SMILES string of the molecule is C[C-]=c1ccccc1=[C-]C.[Y]. The third-order valence-electron chi connectivity index (χ3n) is 1.47. The first-order valence-electron chi connectivity index (χ1n) is 3.33. The van der Waals surface area contributed by atoms with Crippen LogP contribution in [-0.2, 0) is 32.7 Å². The van der Waals surface area contributed by atoms with Crippen molar-refractivity contribution in [1.29, 1.82) is 0 Å². The van der Waals surface area contributed by atoms with Crippen molar-refractivity contribution in [3.05, 3.63) is 34.7 Å². The standard InChI is InChI=1S/C10H10.Y/c1-3-9-7-5-6-8-10(9)4-2;/h5-8H,1-2H3;/q-2;. The molecule has 11 heavy (non-hydrogen) atoms. The predicted octanol–water partition coefficient (Wildman–Crippen LogP) is 1.04. The molecule has 0 unspecified atom stereocenters. The quantitative estimate of drug-likeness (QED) is 0.572. The topological polar surface area (TPSA) is 0 Å². The van der Waals surface area contributed by atoms with Crippen LogP contribution in [0.5, 0.6) is 0 Å². The van der Waals surface area contributed by atoms with Gasteiger partial charge in [-0.15, -0.1) is 26.0 Å². The molecule has 0 aliphatic heterocycles. The minimum atomic E-state index is 0. The van der Waals surface area contributed by atoms with Crippen molar-refractivity contribution in [1.82, 2.24) is 0 Å². The molecule has 0 atom stereocenters. The van der Waals surface area contributed by atoms with Crippen LogP contribution in [0.4, 0.5) is 0 Å². The van der Waals surface area contributed by atoms with Crippen LogP contribution in [0.3, 0.4) is 0 Å². The van der Waals surface area contributed by atoms with Crippen LogP contribution in [0.1, 0.15) is 13.8 Å². The maximum absolute atomic E-state index is 3.08. The van der Waals surface area contributed by atoms with E-state index < -0.39 is 0 Å². The molecule has 1 aromatic rings. The molecule has 0 aliphatic rings. The Morgan fingerprint density at radius 3 is 1.55 bits per heavy atom. The van der Waals surface area contributed by atoms with E-state index >= 15 is 0 Å². The van der Waals surface area contributed by atoms with Gasteiger partial charge < -0.3 is 10.4 Å². The van der Waals surface area contributed by atoms with Crippen LogP contribution in [0, 0.1) is 0 Å². The van der Waals surface area contributed by atoms with E-state index in [0.29, 0.717) is 0 Å². The van der Waals surface area contributed by atoms with Gasteiger partial charge in [0.05, 0.1) is 0 Å². The zero-order chi connectivity index (χ0) is 7.40. The van der Waals surface area contributed by atoms with Crippen molar-refractivity contribution < 1.29 is 32.7 Å². The van der Waals surface area contributed by atoms with Gasteiger partial charge in [0, 0.05) is 32.7 Å². The van der Waals surface area contributed by atoms with Gasteiger partial charge in [0.2, 0.25) is 0 Å². The first-order valence-corrected chi connectivity index (χ1v) is 3.33. The first-order chi connectivity index (χ1) is 4.88. The molecule has 0 aromatic heterocycles. The van der Waals surface area contributed by atoms with E-state index in [1.165, 1.54) is 0 Å². The van der Waals surface area contributed by atoms with Gasteiger partial charge >= 0.3 is 0 Å². The van der Waals surface area contributed by atoms with Crippen LogP contribution < -0.4 is 10.4 Å². The zero-order valence-electron chi connectivity index (χ0n) is 6.89. The van der Waals surface area contributed by atoms with E-state index in [1.807, 2.05) is 38.1 Å². The third kappa shape index (κ3) is 2.88. The second-order valence-corrected chi connectivity index (χ2v) is 2.05. The van der Waals surface area contributed by atoms with Crippen molar-refractivity contribution in [2.45, 2.75) is 13.8 Å². The van der Waals surface area contributed by atoms with Gasteiger partial charge in [0.15, 0.2) is 0 Å². The second kappa shape index (κ2) is 5.68. The molecule has 0 bridgehead atoms. The Kier molecular flexibility index (Phi) is 5.71. The van der Waals surface area contributed by atoms with Crippen molar-refractivity contribution in [2.75, 3.05) is 0 Å². The van der Waals surface area contributed by atoms with Gasteiger partial charge in [-0.1, -0.05) is 0 Å². The Bertz CT molecular complexity index is 279. The average molecular weight is 219 g/mol. The molecule has 0 saturated heterocycles. The van der Waals surface area contributed by atoms with Crippen LogP contribution in [0.2, 0.25) is 0 Å². The molecular formula is C10H10Y-2. The summed E-state index contributed by atoms with van der Waals surface area (Å²) in [4.78, 5) is 0. The minimum absolute atomic E-state index is 0. The Hall–Kier alpha value is 0.0639. The summed E-state index contributed by atoms with van der Waals surface area (Å²) >= 11 is 0. The largest absolute Gasteiger partial charge is 0.302 e. The van der Waals surface area contributed by atoms with E-state index in [0.717, 1.165) is 10.4 Å². The summed E-state index contributed by atoms with van der Waals surface area (Å²) in [6, 6.07) is 8.08. The molecule has 55 valence electrons. The molecule has 1 aromatic carbocycles. The fourth-order valence-electron chi connectivity index (χ4n) is 0.919. The molecular weight excluding hydrogens is 209 g/mol. The van der Waals surface area contributed by atoms with Gasteiger partial charge in [-0.25, -0.2) is 12.1 Å². The first kappa shape index (κ1) is 11.1. The third-order valence-corrected chi connectivity index (χ3v) is 1.47. The smallest absolute Gasteiger partial charge is 0 e. The van der Waals surface area contributed by atoms with E-state index in [4.69, 9.17) is 0 Å². The van der Waals surface area contributed by atoms with Gasteiger partial charge in [0.1, 0.15) is 0 Å². The molecule has 0 fully saturated rings. The molecule has 0 heterocycles. The Balaban J connectivity index is 0.000001000. The van der Waals surface area contributed by atoms with Crippen LogP contribution in [-0.4, -0.2) is 0 Å². The molecule has 0 spiro atoms. The summed E-state index contributed by atoms with van der Waals surface area (Å²) in [5.74, 6) is 0. The maximum Gasteiger partial charge on any atom is 0 e. The van der Waals surface area contributed by atoms with Gasteiger partial charge in [0.25, 0.3) is 0 Å². The second-order valence-electron chi connectivity index (χ2n) is 2.05. The Morgan fingerprint density at radius 2 is 1.27 bits per heavy atom. The van der Waals surface area contributed by atoms with E-state index in [2.05, 4.69) is 12.2 Å². The number of hydrogen-bond donors (Lipinski definition) is 0. The number of benzene rings is 1. The van der Waals surface area contributed by atoms with Crippen LogP contribution >= 0.6 is 0 Å². The van der Waals surface area contributed by atoms with Crippen LogP contribution in [0.15, 0.2) is 24.3 Å². The van der Waals surface area contributed by atoms with E-state index in [1.54, 1.807) is 0 Å². The number of rotatable bonds is 0. The van der Waals surface area contributed by atoms with E-state index in [-0.39, 0.29) is 32.7 Å². The summed E-state index contributed by atoms with van der Waals surface area (Å²) in [6.07, 6.45) is 6.17. The Morgan fingerprint density at radius 1 is 0.909 bits per heavy atom. The fourth-order valence-corrected chi connectivity index (χ4v) is 0.919. The monoisotopic (exact) mass is 219 g/mol. The summed E-state index contributed by atoms with van der Waals surface area (Å²) in [7, 11) is 0. The molecule has 0 saturated carbocycles. The molecule has 1 rings (SSSR count). The van der Waals surface area contributed by atoms with Crippen LogP contribution in [0.25, 0.3) is 12.2 Å². The summed E-state index contributed by atoms with van der Waals surface area (Å²) in [5, 5.41) is 2.26. The molecule has 0 aliphatic carbocycles. The summed E-state index contributed by atoms with van der Waals surface area (Å²) in [6.45, 7) is 3.83. The summed E-state index contributed by atoms with van der Waals surface area (Å²) in [5.41, 5.74) is 0. The summed E-state index contributed by atoms with van der Waals surface area (Å²) < 4.78 is 0.